The second kappa shape index (κ2) is 9.85. The fraction of sp³-hybridized carbons (Fsp3) is 0.381. The molecule has 1 aliphatic heterocycles. The van der Waals surface area contributed by atoms with Crippen LogP contribution in [0.4, 0.5) is 4.39 Å². The SMILES string of the molecule is CC[C@@H](N)CN(C)/C(NCc1cc(F)ccc1C)=C1\C=C(C#N)N=C1N(C)C=O. The van der Waals surface area contributed by atoms with Crippen LogP contribution in [0.1, 0.15) is 24.5 Å². The highest BCUT2D eigenvalue weighted by Gasteiger charge is 2.24. The molecule has 0 spiro atoms. The number of amidine groups is 1. The number of aryl methyl sites for hydroxylation is 1. The van der Waals surface area contributed by atoms with Gasteiger partial charge in [-0.05, 0) is 42.7 Å². The summed E-state index contributed by atoms with van der Waals surface area (Å²) in [7, 11) is 3.45. The van der Waals surface area contributed by atoms with Crippen LogP contribution in [0.5, 0.6) is 0 Å². The highest BCUT2D eigenvalue weighted by Crippen LogP contribution is 2.22. The fourth-order valence-electron chi connectivity index (χ4n) is 2.98. The number of rotatable bonds is 8. The number of hydrogen-bond donors (Lipinski definition) is 2. The quantitative estimate of drug-likeness (QED) is 0.653. The van der Waals surface area contributed by atoms with Crippen LogP contribution in [0.2, 0.25) is 0 Å². The molecule has 154 valence electrons. The van der Waals surface area contributed by atoms with Crippen LogP contribution in [0.15, 0.2) is 46.4 Å². The second-order valence-electron chi connectivity index (χ2n) is 7.03. The van der Waals surface area contributed by atoms with E-state index in [2.05, 4.69) is 10.3 Å². The van der Waals surface area contributed by atoms with E-state index in [-0.39, 0.29) is 17.6 Å². The summed E-state index contributed by atoms with van der Waals surface area (Å²) in [5.41, 5.74) is 8.70. The molecule has 2 rings (SSSR count). The van der Waals surface area contributed by atoms with Gasteiger partial charge in [-0.25, -0.2) is 9.38 Å². The van der Waals surface area contributed by atoms with Gasteiger partial charge in [-0.1, -0.05) is 13.0 Å². The number of hydrogen-bond acceptors (Lipinski definition) is 6. The van der Waals surface area contributed by atoms with Crippen molar-refractivity contribution < 1.29 is 9.18 Å². The summed E-state index contributed by atoms with van der Waals surface area (Å²) in [6.07, 6.45) is 3.06. The summed E-state index contributed by atoms with van der Waals surface area (Å²) in [5, 5.41) is 12.6. The van der Waals surface area contributed by atoms with Crippen molar-refractivity contribution >= 4 is 12.2 Å². The first-order valence-corrected chi connectivity index (χ1v) is 9.39. The van der Waals surface area contributed by atoms with Crippen LogP contribution in [0.25, 0.3) is 0 Å². The molecule has 7 nitrogen and oxygen atoms in total. The summed E-state index contributed by atoms with van der Waals surface area (Å²) in [5.74, 6) is 0.723. The van der Waals surface area contributed by atoms with Crippen molar-refractivity contribution in [3.63, 3.8) is 0 Å². The topological polar surface area (TPSA) is 97.8 Å². The van der Waals surface area contributed by atoms with Gasteiger partial charge < -0.3 is 20.9 Å². The van der Waals surface area contributed by atoms with Crippen molar-refractivity contribution in [2.45, 2.75) is 32.9 Å². The second-order valence-corrected chi connectivity index (χ2v) is 7.03. The lowest BCUT2D eigenvalue weighted by Crippen LogP contribution is -2.40. The van der Waals surface area contributed by atoms with Gasteiger partial charge in [0.05, 0.1) is 5.57 Å². The molecule has 1 aliphatic rings. The molecule has 1 heterocycles. The fourth-order valence-corrected chi connectivity index (χ4v) is 2.98. The Morgan fingerprint density at radius 3 is 2.79 bits per heavy atom. The van der Waals surface area contributed by atoms with E-state index in [4.69, 9.17) is 5.73 Å². The molecule has 0 bridgehead atoms. The molecule has 8 heteroatoms. The Hall–Kier alpha value is -3.18. The number of nitrogens with two attached hydrogens (primary N) is 1. The van der Waals surface area contributed by atoms with Gasteiger partial charge in [0.15, 0.2) is 0 Å². The summed E-state index contributed by atoms with van der Waals surface area (Å²) in [6, 6.07) is 6.60. The van der Waals surface area contributed by atoms with Crippen molar-refractivity contribution in [3.8, 4) is 6.07 Å². The maximum Gasteiger partial charge on any atom is 0.215 e. The predicted molar refractivity (Wildman–Crippen MR) is 111 cm³/mol. The molecule has 3 N–H and O–H groups in total. The Balaban J connectivity index is 2.46. The van der Waals surface area contributed by atoms with Crippen LogP contribution in [0.3, 0.4) is 0 Å². The summed E-state index contributed by atoms with van der Waals surface area (Å²) >= 11 is 0. The number of nitrogens with one attached hydrogen (secondary N) is 1. The Bertz CT molecular complexity index is 899. The predicted octanol–water partition coefficient (Wildman–Crippen LogP) is 2.01. The van der Waals surface area contributed by atoms with Gasteiger partial charge in [-0.15, -0.1) is 0 Å². The molecule has 1 aromatic carbocycles. The first kappa shape index (κ1) is 22.1. The van der Waals surface area contributed by atoms with E-state index in [0.29, 0.717) is 36.7 Å². The van der Waals surface area contributed by atoms with Crippen LogP contribution in [-0.4, -0.2) is 48.7 Å². The van der Waals surface area contributed by atoms with Crippen LogP contribution in [0, 0.1) is 24.1 Å². The molecule has 0 radical (unpaired) electrons. The molecule has 0 aromatic heterocycles. The summed E-state index contributed by atoms with van der Waals surface area (Å²) in [4.78, 5) is 18.8. The lowest BCUT2D eigenvalue weighted by molar-refractivity contribution is -0.114. The number of carbonyl (C=O) groups is 1. The average molecular weight is 398 g/mol. The van der Waals surface area contributed by atoms with Crippen molar-refractivity contribution in [1.82, 2.24) is 15.1 Å². The summed E-state index contributed by atoms with van der Waals surface area (Å²) < 4.78 is 13.7. The Morgan fingerprint density at radius 2 is 2.17 bits per heavy atom. The number of amides is 1. The largest absolute Gasteiger partial charge is 0.367 e. The molecule has 1 aromatic rings. The number of aliphatic imine (C=N–C) groups is 1. The van der Waals surface area contributed by atoms with Crippen molar-refractivity contribution in [3.05, 3.63) is 58.3 Å². The maximum atomic E-state index is 13.7. The Kier molecular flexibility index (Phi) is 7.51. The third-order valence-electron chi connectivity index (χ3n) is 4.78. The van der Waals surface area contributed by atoms with Crippen LogP contribution in [-0.2, 0) is 11.3 Å². The van der Waals surface area contributed by atoms with Crippen molar-refractivity contribution in [2.75, 3.05) is 20.6 Å². The number of carbonyl (C=O) groups excluding carboxylic acids is 1. The molecule has 0 unspecified atom stereocenters. The molecule has 0 aliphatic carbocycles. The van der Waals surface area contributed by atoms with Crippen LogP contribution >= 0.6 is 0 Å². The standard InChI is InChI=1S/C21H27FN6O/c1-5-17(24)12-27(3)20(25-11-15-8-16(22)7-6-14(15)2)19-9-18(10-23)26-21(19)28(4)13-29/h6-9,13,17,25H,5,11-12,24H2,1-4H3/b20-19+/t17-/m1/s1. The van der Waals surface area contributed by atoms with Gasteiger partial charge in [-0.3, -0.25) is 4.79 Å². The van der Waals surface area contributed by atoms with E-state index in [1.165, 1.54) is 17.0 Å². The first-order valence-electron chi connectivity index (χ1n) is 9.39. The highest BCUT2D eigenvalue weighted by atomic mass is 19.1. The molecule has 1 amide bonds. The minimum absolute atomic E-state index is 0.0571. The van der Waals surface area contributed by atoms with E-state index in [9.17, 15) is 14.4 Å². The van der Waals surface area contributed by atoms with Gasteiger partial charge in [0.1, 0.15) is 29.2 Å². The smallest absolute Gasteiger partial charge is 0.215 e. The van der Waals surface area contributed by atoms with Crippen molar-refractivity contribution in [1.29, 1.82) is 5.26 Å². The number of likely N-dealkylation sites (N-methyl/N-ethyl adjacent to an activating group) is 2. The normalized spacial score (nSPS) is 15.8. The lowest BCUT2D eigenvalue weighted by Gasteiger charge is -2.29. The Labute approximate surface area is 171 Å². The van der Waals surface area contributed by atoms with Gasteiger partial charge >= 0.3 is 0 Å². The molecule has 29 heavy (non-hydrogen) atoms. The number of benzene rings is 1. The third kappa shape index (κ3) is 5.42. The maximum absolute atomic E-state index is 13.7. The van der Waals surface area contributed by atoms with E-state index >= 15 is 0 Å². The zero-order valence-corrected chi connectivity index (χ0v) is 17.2. The van der Waals surface area contributed by atoms with Gasteiger partial charge in [0, 0.05) is 33.2 Å². The Morgan fingerprint density at radius 1 is 1.45 bits per heavy atom. The zero-order chi connectivity index (χ0) is 21.6. The molecule has 1 atom stereocenters. The average Bonchev–Trinajstić information content (AvgIpc) is 3.14. The number of allylic oxidation sites excluding steroid dienone is 1. The molecule has 0 fully saturated rings. The minimum Gasteiger partial charge on any atom is -0.367 e. The van der Waals surface area contributed by atoms with Crippen molar-refractivity contribution in [2.24, 2.45) is 10.7 Å². The third-order valence-corrected chi connectivity index (χ3v) is 4.78. The number of halogens is 1. The van der Waals surface area contributed by atoms with E-state index < -0.39 is 0 Å². The zero-order valence-electron chi connectivity index (χ0n) is 17.2. The first-order chi connectivity index (χ1) is 13.8. The molecular formula is C21H27FN6O. The summed E-state index contributed by atoms with van der Waals surface area (Å²) in [6.45, 7) is 4.84. The number of nitriles is 1. The number of nitrogens with zero attached hydrogens (tertiary/aromatic N) is 4. The van der Waals surface area contributed by atoms with Gasteiger partial charge in [0.25, 0.3) is 0 Å². The van der Waals surface area contributed by atoms with Gasteiger partial charge in [0.2, 0.25) is 6.41 Å². The molecular weight excluding hydrogens is 371 g/mol. The monoisotopic (exact) mass is 398 g/mol. The molecule has 0 saturated heterocycles. The highest BCUT2D eigenvalue weighted by molar-refractivity contribution is 6.08. The molecule has 0 saturated carbocycles. The van der Waals surface area contributed by atoms with E-state index in [0.717, 1.165) is 17.5 Å². The van der Waals surface area contributed by atoms with E-state index in [1.807, 2.05) is 31.9 Å². The minimum atomic E-state index is -0.307. The van der Waals surface area contributed by atoms with Crippen LogP contribution < -0.4 is 11.1 Å². The van der Waals surface area contributed by atoms with E-state index in [1.54, 1.807) is 19.2 Å². The van der Waals surface area contributed by atoms with Gasteiger partial charge in [-0.2, -0.15) is 5.26 Å². The lowest BCUT2D eigenvalue weighted by atomic mass is 10.1.